The number of aromatic nitrogens is 1. The minimum absolute atomic E-state index is 0.0674. The van der Waals surface area contributed by atoms with Gasteiger partial charge in [-0.25, -0.2) is 0 Å². The number of amides is 1. The van der Waals surface area contributed by atoms with Gasteiger partial charge in [-0.15, -0.1) is 0 Å². The number of nitrogens with zero attached hydrogens (tertiary/aromatic N) is 2. The SMILES string of the molecule is COc1ccc(C23Cn4cc(Br)cc4C(=O)N2CCN3)cc1. The van der Waals surface area contributed by atoms with Crippen LogP contribution in [0, 0.1) is 0 Å². The van der Waals surface area contributed by atoms with Crippen LogP contribution in [-0.2, 0) is 12.2 Å². The van der Waals surface area contributed by atoms with Gasteiger partial charge in [0.15, 0.2) is 0 Å². The quantitative estimate of drug-likeness (QED) is 0.891. The number of rotatable bonds is 2. The van der Waals surface area contributed by atoms with E-state index < -0.39 is 5.66 Å². The molecule has 1 fully saturated rings. The molecule has 6 heteroatoms. The van der Waals surface area contributed by atoms with Gasteiger partial charge in [0.2, 0.25) is 0 Å². The van der Waals surface area contributed by atoms with Crippen molar-refractivity contribution in [2.45, 2.75) is 12.2 Å². The molecule has 22 heavy (non-hydrogen) atoms. The second kappa shape index (κ2) is 4.86. The summed E-state index contributed by atoms with van der Waals surface area (Å²) in [5.74, 6) is 0.883. The van der Waals surface area contributed by atoms with E-state index in [0.717, 1.165) is 28.0 Å². The maximum atomic E-state index is 12.8. The fraction of sp³-hybridized carbons (Fsp3) is 0.312. The molecular formula is C16H16BrN3O2. The molecule has 1 atom stereocenters. The van der Waals surface area contributed by atoms with Crippen LogP contribution in [-0.4, -0.2) is 35.6 Å². The van der Waals surface area contributed by atoms with Crippen molar-refractivity contribution in [3.05, 3.63) is 52.3 Å². The monoisotopic (exact) mass is 361 g/mol. The topological polar surface area (TPSA) is 46.5 Å². The van der Waals surface area contributed by atoms with Crippen molar-refractivity contribution in [2.75, 3.05) is 20.2 Å². The van der Waals surface area contributed by atoms with Gasteiger partial charge in [-0.1, -0.05) is 12.1 Å². The molecule has 1 unspecified atom stereocenters. The Morgan fingerprint density at radius 2 is 2.09 bits per heavy atom. The van der Waals surface area contributed by atoms with Gasteiger partial charge >= 0.3 is 0 Å². The maximum Gasteiger partial charge on any atom is 0.272 e. The summed E-state index contributed by atoms with van der Waals surface area (Å²) in [5, 5.41) is 3.53. The molecule has 2 aliphatic rings. The van der Waals surface area contributed by atoms with Crippen LogP contribution in [0.25, 0.3) is 0 Å². The van der Waals surface area contributed by atoms with E-state index in [4.69, 9.17) is 4.74 Å². The molecular weight excluding hydrogens is 346 g/mol. The van der Waals surface area contributed by atoms with Gasteiger partial charge in [-0.3, -0.25) is 10.1 Å². The van der Waals surface area contributed by atoms with Crippen LogP contribution in [0.2, 0.25) is 0 Å². The molecule has 0 aliphatic carbocycles. The third-order valence-corrected chi connectivity index (χ3v) is 4.94. The molecule has 0 saturated carbocycles. The highest BCUT2D eigenvalue weighted by molar-refractivity contribution is 9.10. The first-order valence-electron chi connectivity index (χ1n) is 7.21. The van der Waals surface area contributed by atoms with Gasteiger partial charge < -0.3 is 14.2 Å². The number of ether oxygens (including phenoxy) is 1. The number of methoxy groups -OCH3 is 1. The number of halogens is 1. The number of carbonyl (C=O) groups excluding carboxylic acids is 1. The number of hydrogen-bond acceptors (Lipinski definition) is 3. The average Bonchev–Trinajstić information content (AvgIpc) is 3.12. The van der Waals surface area contributed by atoms with Gasteiger partial charge in [0.1, 0.15) is 17.1 Å². The third-order valence-electron chi connectivity index (χ3n) is 4.51. The lowest BCUT2D eigenvalue weighted by Crippen LogP contribution is -2.57. The standard InChI is InChI=1S/C16H16BrN3O2/c1-22-13-4-2-11(3-5-13)16-10-19-9-12(17)8-14(19)15(21)20(16)7-6-18-16/h2-5,8-9,18H,6-7,10H2,1H3. The Bertz CT molecular complexity index is 740. The molecule has 0 bridgehead atoms. The first-order valence-corrected chi connectivity index (χ1v) is 8.00. The van der Waals surface area contributed by atoms with E-state index in [0.29, 0.717) is 13.1 Å². The van der Waals surface area contributed by atoms with Gasteiger partial charge in [0.05, 0.1) is 13.7 Å². The molecule has 1 N–H and O–H groups in total. The second-order valence-corrected chi connectivity index (χ2v) is 6.56. The Kier molecular flexibility index (Phi) is 3.06. The van der Waals surface area contributed by atoms with Crippen molar-refractivity contribution in [3.8, 4) is 5.75 Å². The zero-order chi connectivity index (χ0) is 15.3. The molecule has 1 aromatic carbocycles. The van der Waals surface area contributed by atoms with Gasteiger partial charge in [0.25, 0.3) is 5.91 Å². The Morgan fingerprint density at radius 1 is 1.32 bits per heavy atom. The summed E-state index contributed by atoms with van der Waals surface area (Å²) >= 11 is 3.46. The van der Waals surface area contributed by atoms with Crippen molar-refractivity contribution in [1.82, 2.24) is 14.8 Å². The summed E-state index contributed by atoms with van der Waals surface area (Å²) in [7, 11) is 1.65. The number of fused-ring (bicyclic) bond motifs is 2. The van der Waals surface area contributed by atoms with Crippen LogP contribution in [0.1, 0.15) is 16.1 Å². The van der Waals surface area contributed by atoms with Crippen LogP contribution in [0.3, 0.4) is 0 Å². The lowest BCUT2D eigenvalue weighted by atomic mass is 9.96. The summed E-state index contributed by atoms with van der Waals surface area (Å²) in [4.78, 5) is 14.8. The van der Waals surface area contributed by atoms with Crippen molar-refractivity contribution in [3.63, 3.8) is 0 Å². The van der Waals surface area contributed by atoms with E-state index >= 15 is 0 Å². The summed E-state index contributed by atoms with van der Waals surface area (Å²) in [6, 6.07) is 9.82. The fourth-order valence-electron chi connectivity index (χ4n) is 3.46. The first-order chi connectivity index (χ1) is 10.6. The van der Waals surface area contributed by atoms with Crippen LogP contribution in [0.4, 0.5) is 0 Å². The third kappa shape index (κ3) is 1.84. The molecule has 1 amide bonds. The van der Waals surface area contributed by atoms with Crippen molar-refractivity contribution in [1.29, 1.82) is 0 Å². The Morgan fingerprint density at radius 3 is 2.82 bits per heavy atom. The van der Waals surface area contributed by atoms with Crippen LogP contribution < -0.4 is 10.1 Å². The molecule has 114 valence electrons. The van der Waals surface area contributed by atoms with E-state index in [9.17, 15) is 4.79 Å². The molecule has 2 aliphatic heterocycles. The van der Waals surface area contributed by atoms with Gasteiger partial charge in [-0.05, 0) is 39.7 Å². The van der Waals surface area contributed by atoms with Gasteiger partial charge in [0, 0.05) is 23.8 Å². The number of hydrogen-bond donors (Lipinski definition) is 1. The zero-order valence-electron chi connectivity index (χ0n) is 12.2. The van der Waals surface area contributed by atoms with Crippen molar-refractivity contribution >= 4 is 21.8 Å². The van der Waals surface area contributed by atoms with Crippen molar-refractivity contribution < 1.29 is 9.53 Å². The smallest absolute Gasteiger partial charge is 0.272 e. The normalized spacial score (nSPS) is 23.4. The molecule has 1 aromatic heterocycles. The highest BCUT2D eigenvalue weighted by atomic mass is 79.9. The molecule has 0 spiro atoms. The van der Waals surface area contributed by atoms with Crippen molar-refractivity contribution in [2.24, 2.45) is 0 Å². The van der Waals surface area contributed by atoms with E-state index in [-0.39, 0.29) is 5.91 Å². The second-order valence-electron chi connectivity index (χ2n) is 5.64. The van der Waals surface area contributed by atoms with Crippen LogP contribution in [0.15, 0.2) is 41.0 Å². The summed E-state index contributed by atoms with van der Waals surface area (Å²) in [6.07, 6.45) is 1.97. The van der Waals surface area contributed by atoms with Crippen LogP contribution in [0.5, 0.6) is 5.75 Å². The molecule has 2 aromatic rings. The highest BCUT2D eigenvalue weighted by Gasteiger charge is 2.49. The number of carbonyl (C=O) groups is 1. The highest BCUT2D eigenvalue weighted by Crippen LogP contribution is 2.38. The number of benzene rings is 1. The van der Waals surface area contributed by atoms with E-state index in [1.54, 1.807) is 7.11 Å². The minimum atomic E-state index is -0.477. The molecule has 3 heterocycles. The largest absolute Gasteiger partial charge is 0.497 e. The van der Waals surface area contributed by atoms with E-state index in [1.165, 1.54) is 0 Å². The maximum absolute atomic E-state index is 12.8. The Balaban J connectivity index is 1.83. The van der Waals surface area contributed by atoms with E-state index in [2.05, 4.69) is 21.2 Å². The summed E-state index contributed by atoms with van der Waals surface area (Å²) in [5.41, 5.74) is 1.34. The summed E-state index contributed by atoms with van der Waals surface area (Å²) < 4.78 is 8.19. The fourth-order valence-corrected chi connectivity index (χ4v) is 3.93. The predicted octanol–water partition coefficient (Wildman–Crippen LogP) is 2.17. The average molecular weight is 362 g/mol. The molecule has 1 saturated heterocycles. The van der Waals surface area contributed by atoms with Crippen LogP contribution >= 0.6 is 15.9 Å². The van der Waals surface area contributed by atoms with E-state index in [1.807, 2.05) is 46.0 Å². The van der Waals surface area contributed by atoms with Gasteiger partial charge in [-0.2, -0.15) is 0 Å². The molecule has 5 nitrogen and oxygen atoms in total. The molecule has 4 rings (SSSR count). The zero-order valence-corrected chi connectivity index (χ0v) is 13.8. The molecule has 0 radical (unpaired) electrons. The first kappa shape index (κ1) is 13.8. The Hall–Kier alpha value is -1.79. The summed E-state index contributed by atoms with van der Waals surface area (Å²) in [6.45, 7) is 2.21. The lowest BCUT2D eigenvalue weighted by Gasteiger charge is -2.43. The Labute approximate surface area is 137 Å². The lowest BCUT2D eigenvalue weighted by molar-refractivity contribution is 0.0398. The minimum Gasteiger partial charge on any atom is -0.497 e. The predicted molar refractivity (Wildman–Crippen MR) is 85.8 cm³/mol. The number of nitrogens with one attached hydrogen (secondary N) is 1.